The molecule has 0 saturated heterocycles. The van der Waals surface area contributed by atoms with Crippen LogP contribution in [-0.4, -0.2) is 49.6 Å². The standard InChI is InChI=1S/C27H35N5O2/c1-4-32(5-2)26(30-20-28)31-22-15-17-27(18-16-22,21-11-7-6-8-12-21)19-29-25(33)23-13-9-10-14-24(23)34-3/h6-14,22H,4-5,15-19H2,1-3H3,(H,29,33)(H,30,31). The van der Waals surface area contributed by atoms with Crippen molar-refractivity contribution < 1.29 is 9.53 Å². The van der Waals surface area contributed by atoms with E-state index in [4.69, 9.17) is 10.00 Å². The molecule has 7 nitrogen and oxygen atoms in total. The van der Waals surface area contributed by atoms with E-state index in [1.165, 1.54) is 5.56 Å². The van der Waals surface area contributed by atoms with Gasteiger partial charge in [-0.3, -0.25) is 4.79 Å². The monoisotopic (exact) mass is 461 g/mol. The second-order valence-corrected chi connectivity index (χ2v) is 8.66. The third-order valence-electron chi connectivity index (χ3n) is 6.82. The Bertz CT molecular complexity index is 1000. The van der Waals surface area contributed by atoms with Gasteiger partial charge in [-0.2, -0.15) is 5.26 Å². The van der Waals surface area contributed by atoms with E-state index in [0.29, 0.717) is 23.8 Å². The summed E-state index contributed by atoms with van der Waals surface area (Å²) in [6.45, 7) is 6.25. The van der Waals surface area contributed by atoms with Gasteiger partial charge in [-0.05, 0) is 57.2 Å². The normalized spacial score (nSPS) is 20.2. The Morgan fingerprint density at radius 1 is 1.12 bits per heavy atom. The van der Waals surface area contributed by atoms with Gasteiger partial charge in [-0.1, -0.05) is 42.5 Å². The number of carbonyl (C=O) groups excluding carboxylic acids is 1. The Hall–Kier alpha value is -3.53. The first-order valence-electron chi connectivity index (χ1n) is 12.0. The van der Waals surface area contributed by atoms with Gasteiger partial charge in [-0.25, -0.2) is 0 Å². The number of hydrogen-bond donors (Lipinski definition) is 2. The molecule has 1 aliphatic carbocycles. The summed E-state index contributed by atoms with van der Waals surface area (Å²) in [6.07, 6.45) is 5.61. The van der Waals surface area contributed by atoms with Crippen LogP contribution in [0.5, 0.6) is 5.75 Å². The molecule has 0 bridgehead atoms. The van der Waals surface area contributed by atoms with E-state index in [9.17, 15) is 4.79 Å². The molecule has 2 N–H and O–H groups in total. The zero-order valence-corrected chi connectivity index (χ0v) is 20.4. The molecule has 1 saturated carbocycles. The second-order valence-electron chi connectivity index (χ2n) is 8.66. The van der Waals surface area contributed by atoms with Gasteiger partial charge in [0, 0.05) is 31.1 Å². The highest BCUT2D eigenvalue weighted by molar-refractivity contribution is 5.97. The number of methoxy groups -OCH3 is 1. The number of amides is 1. The van der Waals surface area contributed by atoms with Crippen molar-refractivity contribution in [1.29, 1.82) is 5.26 Å². The van der Waals surface area contributed by atoms with Gasteiger partial charge in [0.15, 0.2) is 0 Å². The van der Waals surface area contributed by atoms with Crippen molar-refractivity contribution >= 4 is 11.9 Å². The number of ether oxygens (including phenoxy) is 1. The molecule has 1 fully saturated rings. The van der Waals surface area contributed by atoms with Gasteiger partial charge >= 0.3 is 0 Å². The number of para-hydroxylation sites is 1. The highest BCUT2D eigenvalue weighted by Crippen LogP contribution is 2.39. The summed E-state index contributed by atoms with van der Waals surface area (Å²) >= 11 is 0. The van der Waals surface area contributed by atoms with Crippen LogP contribution in [0, 0.1) is 11.5 Å². The van der Waals surface area contributed by atoms with Crippen LogP contribution in [0.3, 0.4) is 0 Å². The number of hydrogen-bond acceptors (Lipinski definition) is 4. The van der Waals surface area contributed by atoms with Crippen molar-refractivity contribution in [2.75, 3.05) is 26.7 Å². The molecule has 2 aromatic carbocycles. The number of guanidine groups is 1. The smallest absolute Gasteiger partial charge is 0.255 e. The molecule has 0 atom stereocenters. The molecule has 0 heterocycles. The van der Waals surface area contributed by atoms with Gasteiger partial charge in [0.2, 0.25) is 12.2 Å². The summed E-state index contributed by atoms with van der Waals surface area (Å²) in [5.41, 5.74) is 1.63. The molecule has 0 unspecified atom stereocenters. The zero-order valence-electron chi connectivity index (χ0n) is 20.4. The summed E-state index contributed by atoms with van der Waals surface area (Å²) in [7, 11) is 1.58. The first-order chi connectivity index (χ1) is 16.6. The number of nitrogens with zero attached hydrogens (tertiary/aromatic N) is 3. The van der Waals surface area contributed by atoms with Gasteiger partial charge in [0.25, 0.3) is 5.91 Å². The maximum absolute atomic E-state index is 13.0. The van der Waals surface area contributed by atoms with E-state index in [0.717, 1.165) is 38.8 Å². The SMILES string of the molecule is CCN(CC)/C(=N/C#N)NC1CCC(CNC(=O)c2ccccc2OC)(c2ccccc2)CC1. The van der Waals surface area contributed by atoms with Crippen molar-refractivity contribution in [2.45, 2.75) is 51.0 Å². The van der Waals surface area contributed by atoms with E-state index in [2.05, 4.69) is 58.6 Å². The molecule has 0 spiro atoms. The van der Waals surface area contributed by atoms with Crippen molar-refractivity contribution in [2.24, 2.45) is 4.99 Å². The van der Waals surface area contributed by atoms with Gasteiger partial charge < -0.3 is 20.3 Å². The average Bonchev–Trinajstić information content (AvgIpc) is 2.89. The summed E-state index contributed by atoms with van der Waals surface area (Å²) in [5.74, 6) is 1.09. The first-order valence-corrected chi connectivity index (χ1v) is 12.0. The Morgan fingerprint density at radius 3 is 2.38 bits per heavy atom. The van der Waals surface area contributed by atoms with E-state index < -0.39 is 0 Å². The number of nitriles is 1. The predicted octanol–water partition coefficient (Wildman–Crippen LogP) is 4.07. The lowest BCUT2D eigenvalue weighted by atomic mass is 9.68. The van der Waals surface area contributed by atoms with Crippen LogP contribution in [0.4, 0.5) is 0 Å². The van der Waals surface area contributed by atoms with Crippen molar-refractivity contribution in [3.05, 3.63) is 65.7 Å². The van der Waals surface area contributed by atoms with Crippen molar-refractivity contribution in [1.82, 2.24) is 15.5 Å². The minimum absolute atomic E-state index is 0.127. The highest BCUT2D eigenvalue weighted by Gasteiger charge is 2.37. The number of carbonyl (C=O) groups is 1. The largest absolute Gasteiger partial charge is 0.496 e. The number of rotatable bonds is 8. The lowest BCUT2D eigenvalue weighted by Crippen LogP contribution is -2.50. The number of benzene rings is 2. The van der Waals surface area contributed by atoms with Crippen LogP contribution < -0.4 is 15.4 Å². The molecular formula is C27H35N5O2. The lowest BCUT2D eigenvalue weighted by molar-refractivity contribution is 0.0932. The van der Waals surface area contributed by atoms with Crippen LogP contribution in [0.2, 0.25) is 0 Å². The molecule has 7 heteroatoms. The van der Waals surface area contributed by atoms with Crippen LogP contribution >= 0.6 is 0 Å². The fraction of sp³-hybridized carbons (Fsp3) is 0.444. The first kappa shape index (κ1) is 25.1. The zero-order chi connectivity index (χ0) is 24.4. The van der Waals surface area contributed by atoms with Crippen LogP contribution in [0.25, 0.3) is 0 Å². The maximum Gasteiger partial charge on any atom is 0.255 e. The Kier molecular flexibility index (Phi) is 8.92. The molecule has 1 aliphatic rings. The van der Waals surface area contributed by atoms with Crippen LogP contribution in [-0.2, 0) is 5.41 Å². The van der Waals surface area contributed by atoms with Gasteiger partial charge in [-0.15, -0.1) is 4.99 Å². The summed E-state index contributed by atoms with van der Waals surface area (Å²) in [5, 5.41) is 15.8. The minimum Gasteiger partial charge on any atom is -0.496 e. The summed E-state index contributed by atoms with van der Waals surface area (Å²) < 4.78 is 5.37. The molecule has 0 aliphatic heterocycles. The van der Waals surface area contributed by atoms with E-state index >= 15 is 0 Å². The summed E-state index contributed by atoms with van der Waals surface area (Å²) in [4.78, 5) is 19.1. The quantitative estimate of drug-likeness (QED) is 0.351. The van der Waals surface area contributed by atoms with Crippen LogP contribution in [0.1, 0.15) is 55.5 Å². The predicted molar refractivity (Wildman–Crippen MR) is 135 cm³/mol. The molecule has 2 aromatic rings. The highest BCUT2D eigenvalue weighted by atomic mass is 16.5. The van der Waals surface area contributed by atoms with E-state index in [1.807, 2.05) is 24.4 Å². The van der Waals surface area contributed by atoms with E-state index in [-0.39, 0.29) is 17.4 Å². The van der Waals surface area contributed by atoms with Gasteiger partial charge in [0.05, 0.1) is 12.7 Å². The Labute approximate surface area is 202 Å². The van der Waals surface area contributed by atoms with Gasteiger partial charge in [0.1, 0.15) is 5.75 Å². The number of nitrogens with one attached hydrogen (secondary N) is 2. The Morgan fingerprint density at radius 2 is 1.76 bits per heavy atom. The lowest BCUT2D eigenvalue weighted by Gasteiger charge is -2.42. The van der Waals surface area contributed by atoms with E-state index in [1.54, 1.807) is 19.2 Å². The fourth-order valence-corrected chi connectivity index (χ4v) is 4.80. The van der Waals surface area contributed by atoms with Crippen molar-refractivity contribution in [3.63, 3.8) is 0 Å². The third kappa shape index (κ3) is 5.88. The van der Waals surface area contributed by atoms with Crippen molar-refractivity contribution in [3.8, 4) is 11.9 Å². The molecule has 34 heavy (non-hydrogen) atoms. The van der Waals surface area contributed by atoms with Crippen LogP contribution in [0.15, 0.2) is 59.6 Å². The maximum atomic E-state index is 13.0. The third-order valence-corrected chi connectivity index (χ3v) is 6.82. The second kappa shape index (κ2) is 12.1. The number of aliphatic imine (C=N–C) groups is 1. The average molecular weight is 462 g/mol. The fourth-order valence-electron chi connectivity index (χ4n) is 4.80. The molecular weight excluding hydrogens is 426 g/mol. The summed E-state index contributed by atoms with van der Waals surface area (Å²) in [6, 6.07) is 18.0. The molecule has 1 amide bonds. The topological polar surface area (TPSA) is 89.8 Å². The Balaban J connectivity index is 1.74. The molecule has 3 rings (SSSR count). The molecule has 0 aromatic heterocycles. The molecule has 0 radical (unpaired) electrons. The minimum atomic E-state index is -0.154. The molecule has 180 valence electrons.